The molecule has 5 heteroatoms. The Hall–Kier alpha value is -0.957. The van der Waals surface area contributed by atoms with Crippen LogP contribution in [-0.2, 0) is 29.1 Å². The number of carbonyl (C=O) groups excluding carboxylic acids is 2. The molecule has 0 aromatic heterocycles. The van der Waals surface area contributed by atoms with Gasteiger partial charge < -0.3 is 19.8 Å². The van der Waals surface area contributed by atoms with Gasteiger partial charge in [0.15, 0.2) is 0 Å². The molecule has 0 amide bonds. The standard InChI is InChI=1S/2C13H24O2.Zn/c2*1-2-3-4-5-6-7-8-9-10-11-12-13(14)15;/h2*7-8H,2-6,9-12H2,1H3,(H,14,15);/q;;+2/p-2. The summed E-state index contributed by atoms with van der Waals surface area (Å²) in [5, 5.41) is 20.2. The number of hydrogen-bond acceptors (Lipinski definition) is 4. The molecule has 4 nitrogen and oxygen atoms in total. The molecule has 0 N–H and O–H groups in total. The van der Waals surface area contributed by atoms with Crippen LogP contribution in [0.1, 0.15) is 129 Å². The number of carbonyl (C=O) groups is 2. The Kier molecular flexibility index (Phi) is 34.9. The van der Waals surface area contributed by atoms with Crippen molar-refractivity contribution < 1.29 is 39.3 Å². The maximum Gasteiger partial charge on any atom is 2.00 e. The number of allylic oxidation sites excluding steroid dienone is 4. The fourth-order valence-electron chi connectivity index (χ4n) is 2.91. The molecule has 176 valence electrons. The molecule has 0 radical (unpaired) electrons. The van der Waals surface area contributed by atoms with Crippen molar-refractivity contribution in [1.29, 1.82) is 0 Å². The molecule has 0 saturated carbocycles. The third-order valence-corrected chi connectivity index (χ3v) is 4.79. The van der Waals surface area contributed by atoms with Gasteiger partial charge in [0.25, 0.3) is 0 Å². The van der Waals surface area contributed by atoms with E-state index in [9.17, 15) is 19.8 Å². The van der Waals surface area contributed by atoms with Crippen LogP contribution in [0.3, 0.4) is 0 Å². The summed E-state index contributed by atoms with van der Waals surface area (Å²) in [5.74, 6) is -1.86. The molecule has 0 spiro atoms. The Morgan fingerprint density at radius 3 is 1.06 bits per heavy atom. The van der Waals surface area contributed by atoms with Crippen molar-refractivity contribution in [3.63, 3.8) is 0 Å². The third kappa shape index (κ3) is 40.0. The molecule has 0 unspecified atom stereocenters. The maximum atomic E-state index is 10.1. The van der Waals surface area contributed by atoms with E-state index in [2.05, 4.69) is 38.2 Å². The summed E-state index contributed by atoms with van der Waals surface area (Å²) in [7, 11) is 0. The topological polar surface area (TPSA) is 80.3 Å². The van der Waals surface area contributed by atoms with Crippen molar-refractivity contribution in [3.05, 3.63) is 24.3 Å². The summed E-state index contributed by atoms with van der Waals surface area (Å²) in [6, 6.07) is 0. The molecular formula is C26H46O4Zn. The second kappa shape index (κ2) is 31.2. The molecule has 0 aromatic rings. The number of aliphatic carboxylic acids is 2. The molecule has 0 aliphatic rings. The van der Waals surface area contributed by atoms with Crippen LogP contribution in [-0.4, -0.2) is 11.9 Å². The van der Waals surface area contributed by atoms with Crippen molar-refractivity contribution in [3.8, 4) is 0 Å². The average Bonchev–Trinajstić information content (AvgIpc) is 2.71. The largest absolute Gasteiger partial charge is 2.00 e. The van der Waals surface area contributed by atoms with E-state index >= 15 is 0 Å². The van der Waals surface area contributed by atoms with E-state index in [0.29, 0.717) is 0 Å². The van der Waals surface area contributed by atoms with Gasteiger partial charge in [-0.3, -0.25) is 0 Å². The Morgan fingerprint density at radius 2 is 0.806 bits per heavy atom. The van der Waals surface area contributed by atoms with Gasteiger partial charge >= 0.3 is 19.5 Å². The normalized spacial score (nSPS) is 10.6. The molecule has 0 atom stereocenters. The Bertz CT molecular complexity index is 393. The van der Waals surface area contributed by atoms with E-state index < -0.39 is 11.9 Å². The summed E-state index contributed by atoms with van der Waals surface area (Å²) in [6.45, 7) is 4.43. The van der Waals surface area contributed by atoms with Gasteiger partial charge in [-0.25, -0.2) is 0 Å². The minimum absolute atomic E-state index is 0. The Balaban J connectivity index is -0.000000490. The summed E-state index contributed by atoms with van der Waals surface area (Å²) in [6.07, 6.45) is 27.3. The molecular weight excluding hydrogens is 442 g/mol. The molecule has 0 rings (SSSR count). The zero-order valence-corrected chi connectivity index (χ0v) is 23.3. The van der Waals surface area contributed by atoms with Gasteiger partial charge in [-0.15, -0.1) is 0 Å². The van der Waals surface area contributed by atoms with E-state index in [4.69, 9.17) is 0 Å². The first-order chi connectivity index (χ1) is 14.5. The summed E-state index contributed by atoms with van der Waals surface area (Å²) in [4.78, 5) is 20.2. The van der Waals surface area contributed by atoms with Gasteiger partial charge in [0.2, 0.25) is 0 Å². The van der Waals surface area contributed by atoms with Gasteiger partial charge in [0.05, 0.1) is 0 Å². The van der Waals surface area contributed by atoms with Gasteiger partial charge in [-0.1, -0.05) is 76.7 Å². The molecule has 0 fully saturated rings. The predicted octanol–water partition coefficient (Wildman–Crippen LogP) is 5.64. The zero-order chi connectivity index (χ0) is 22.7. The average molecular weight is 488 g/mol. The van der Waals surface area contributed by atoms with Crippen LogP contribution in [0.25, 0.3) is 0 Å². The van der Waals surface area contributed by atoms with E-state index in [1.165, 1.54) is 64.2 Å². The molecule has 0 bridgehead atoms. The minimum Gasteiger partial charge on any atom is -0.550 e. The first kappa shape index (κ1) is 34.7. The third-order valence-electron chi connectivity index (χ3n) is 4.79. The molecule has 31 heavy (non-hydrogen) atoms. The number of rotatable bonds is 20. The monoisotopic (exact) mass is 486 g/mol. The van der Waals surface area contributed by atoms with E-state index in [1.807, 2.05) is 0 Å². The zero-order valence-electron chi connectivity index (χ0n) is 20.4. The van der Waals surface area contributed by atoms with E-state index in [-0.39, 0.29) is 32.3 Å². The summed E-state index contributed by atoms with van der Waals surface area (Å²) >= 11 is 0. The van der Waals surface area contributed by atoms with Crippen LogP contribution in [0.2, 0.25) is 0 Å². The first-order valence-corrected chi connectivity index (χ1v) is 12.2. The quantitative estimate of drug-likeness (QED) is 0.126. The van der Waals surface area contributed by atoms with Crippen molar-refractivity contribution in [2.24, 2.45) is 0 Å². The molecule has 0 saturated heterocycles. The van der Waals surface area contributed by atoms with Crippen molar-refractivity contribution >= 4 is 11.9 Å². The van der Waals surface area contributed by atoms with Gasteiger partial charge in [0, 0.05) is 11.9 Å². The number of carboxylic acids is 2. The van der Waals surface area contributed by atoms with Gasteiger partial charge in [-0.05, 0) is 77.0 Å². The van der Waals surface area contributed by atoms with Crippen molar-refractivity contribution in [1.82, 2.24) is 0 Å². The van der Waals surface area contributed by atoms with Crippen LogP contribution in [0, 0.1) is 0 Å². The fraction of sp³-hybridized carbons (Fsp3) is 0.769. The molecule has 0 aliphatic carbocycles. The predicted molar refractivity (Wildman–Crippen MR) is 123 cm³/mol. The summed E-state index contributed by atoms with van der Waals surface area (Å²) in [5.41, 5.74) is 0. The maximum absolute atomic E-state index is 10.1. The van der Waals surface area contributed by atoms with Crippen LogP contribution >= 0.6 is 0 Å². The summed E-state index contributed by atoms with van der Waals surface area (Å²) < 4.78 is 0. The number of unbranched alkanes of at least 4 members (excludes halogenated alkanes) is 12. The van der Waals surface area contributed by atoms with Crippen molar-refractivity contribution in [2.75, 3.05) is 0 Å². The minimum atomic E-state index is -0.932. The fourth-order valence-corrected chi connectivity index (χ4v) is 2.91. The van der Waals surface area contributed by atoms with E-state index in [1.54, 1.807) is 0 Å². The van der Waals surface area contributed by atoms with E-state index in [0.717, 1.165) is 38.5 Å². The Morgan fingerprint density at radius 1 is 0.516 bits per heavy atom. The van der Waals surface area contributed by atoms with Crippen LogP contribution in [0.4, 0.5) is 0 Å². The number of hydrogen-bond donors (Lipinski definition) is 0. The van der Waals surface area contributed by atoms with Crippen molar-refractivity contribution in [2.45, 2.75) is 129 Å². The Labute approximate surface area is 204 Å². The molecule has 0 aromatic carbocycles. The van der Waals surface area contributed by atoms with Gasteiger partial charge in [0.1, 0.15) is 0 Å². The van der Waals surface area contributed by atoms with Gasteiger partial charge in [-0.2, -0.15) is 0 Å². The second-order valence-corrected chi connectivity index (χ2v) is 7.88. The smallest absolute Gasteiger partial charge is 0.550 e. The first-order valence-electron chi connectivity index (χ1n) is 12.2. The van der Waals surface area contributed by atoms with Crippen LogP contribution < -0.4 is 10.2 Å². The van der Waals surface area contributed by atoms with Crippen LogP contribution in [0.15, 0.2) is 24.3 Å². The second-order valence-electron chi connectivity index (χ2n) is 7.88. The molecule has 0 aliphatic heterocycles. The van der Waals surface area contributed by atoms with Crippen LogP contribution in [0.5, 0.6) is 0 Å². The molecule has 0 heterocycles. The number of carboxylic acid groups (broad SMARTS) is 2. The SMILES string of the molecule is CCCCCCC=CCCCCC(=O)[O-].CCCCCCC=CCCCCC(=O)[O-].[Zn+2].